The molecule has 0 spiro atoms. The Bertz CT molecular complexity index is 602. The number of anilines is 2. The van der Waals surface area contributed by atoms with E-state index in [0.717, 1.165) is 5.56 Å². The molecule has 3 N–H and O–H groups in total. The summed E-state index contributed by atoms with van der Waals surface area (Å²) < 4.78 is 30.5. The minimum absolute atomic E-state index is 0.0120. The van der Waals surface area contributed by atoms with Crippen molar-refractivity contribution in [3.63, 3.8) is 0 Å². The second kappa shape index (κ2) is 8.72. The van der Waals surface area contributed by atoms with E-state index in [1.807, 2.05) is 0 Å². The first kappa shape index (κ1) is 18.4. The summed E-state index contributed by atoms with van der Waals surface area (Å²) in [6.45, 7) is 4.68. The summed E-state index contributed by atoms with van der Waals surface area (Å²) in [5, 5.41) is 5.69. The van der Waals surface area contributed by atoms with E-state index in [-0.39, 0.29) is 18.2 Å². The first-order valence-electron chi connectivity index (χ1n) is 6.98. The summed E-state index contributed by atoms with van der Waals surface area (Å²) in [5.41, 5.74) is 1.87. The van der Waals surface area contributed by atoms with E-state index in [2.05, 4.69) is 15.4 Å². The van der Waals surface area contributed by atoms with E-state index in [9.17, 15) is 13.2 Å². The van der Waals surface area contributed by atoms with E-state index < -0.39 is 10.0 Å². The number of carbonyl (C=O) groups is 1. The molecule has 0 aliphatic heterocycles. The Morgan fingerprint density at radius 2 is 2.05 bits per heavy atom. The van der Waals surface area contributed by atoms with Gasteiger partial charge < -0.3 is 15.4 Å². The fourth-order valence-electron chi connectivity index (χ4n) is 1.68. The first-order chi connectivity index (χ1) is 10.4. The topological polar surface area (TPSA) is 96.5 Å². The number of amides is 1. The van der Waals surface area contributed by atoms with Gasteiger partial charge >= 0.3 is 0 Å². The molecular formula is C14H23N3O4S. The molecule has 0 saturated carbocycles. The Balaban J connectivity index is 2.60. The van der Waals surface area contributed by atoms with Crippen LogP contribution in [0, 0.1) is 6.92 Å². The number of sulfonamides is 1. The monoisotopic (exact) mass is 329 g/mol. The van der Waals surface area contributed by atoms with Crippen molar-refractivity contribution in [3.8, 4) is 0 Å². The van der Waals surface area contributed by atoms with Crippen molar-refractivity contribution < 1.29 is 17.9 Å². The number of carbonyl (C=O) groups excluding carboxylic acids is 1. The van der Waals surface area contributed by atoms with E-state index >= 15 is 0 Å². The van der Waals surface area contributed by atoms with Crippen LogP contribution in [0.25, 0.3) is 0 Å². The van der Waals surface area contributed by atoms with Gasteiger partial charge in [0.15, 0.2) is 0 Å². The van der Waals surface area contributed by atoms with Gasteiger partial charge in [-0.2, -0.15) is 0 Å². The molecule has 0 radical (unpaired) electrons. The molecular weight excluding hydrogens is 306 g/mol. The molecule has 0 bridgehead atoms. The van der Waals surface area contributed by atoms with Gasteiger partial charge in [0.05, 0.1) is 24.6 Å². The van der Waals surface area contributed by atoms with E-state index in [0.29, 0.717) is 24.5 Å². The van der Waals surface area contributed by atoms with E-state index in [1.54, 1.807) is 39.2 Å². The highest BCUT2D eigenvalue weighted by atomic mass is 32.2. The highest BCUT2D eigenvalue weighted by Gasteiger charge is 2.10. The molecule has 1 rings (SSSR count). The molecule has 7 nitrogen and oxygen atoms in total. The zero-order valence-corrected chi connectivity index (χ0v) is 13.9. The largest absolute Gasteiger partial charge is 0.383 e. The fraction of sp³-hybridized carbons (Fsp3) is 0.500. The predicted molar refractivity (Wildman–Crippen MR) is 87.6 cm³/mol. The maximum atomic E-state index is 11.7. The number of methoxy groups -OCH3 is 1. The van der Waals surface area contributed by atoms with Gasteiger partial charge in [0.2, 0.25) is 15.9 Å². The molecule has 0 heterocycles. The zero-order valence-electron chi connectivity index (χ0n) is 13.1. The van der Waals surface area contributed by atoms with Crippen LogP contribution in [0.5, 0.6) is 0 Å². The summed E-state index contributed by atoms with van der Waals surface area (Å²) in [7, 11) is -1.71. The van der Waals surface area contributed by atoms with Crippen LogP contribution in [0.2, 0.25) is 0 Å². The molecule has 0 atom stereocenters. The SMILES string of the molecule is CCS(=O)(=O)Nc1ccc(NC(=O)CNCCOC)cc1C. The van der Waals surface area contributed by atoms with E-state index in [1.165, 1.54) is 0 Å². The van der Waals surface area contributed by atoms with Crippen LogP contribution in [-0.4, -0.2) is 46.9 Å². The van der Waals surface area contributed by atoms with Crippen molar-refractivity contribution in [2.75, 3.05) is 42.6 Å². The lowest BCUT2D eigenvalue weighted by molar-refractivity contribution is -0.115. The van der Waals surface area contributed by atoms with Crippen molar-refractivity contribution in [3.05, 3.63) is 23.8 Å². The molecule has 1 amide bonds. The van der Waals surface area contributed by atoms with Crippen LogP contribution in [0.3, 0.4) is 0 Å². The fourth-order valence-corrected chi connectivity index (χ4v) is 2.39. The lowest BCUT2D eigenvalue weighted by Crippen LogP contribution is -2.30. The number of aryl methyl sites for hydroxylation is 1. The maximum Gasteiger partial charge on any atom is 0.238 e. The third kappa shape index (κ3) is 6.42. The maximum absolute atomic E-state index is 11.7. The molecule has 1 aromatic carbocycles. The van der Waals surface area contributed by atoms with Crippen LogP contribution >= 0.6 is 0 Å². The van der Waals surface area contributed by atoms with Gasteiger partial charge in [-0.3, -0.25) is 9.52 Å². The van der Waals surface area contributed by atoms with Crippen molar-refractivity contribution in [1.82, 2.24) is 5.32 Å². The molecule has 0 unspecified atom stereocenters. The predicted octanol–water partition coefficient (Wildman–Crippen LogP) is 0.931. The molecule has 0 saturated heterocycles. The molecule has 8 heteroatoms. The standard InChI is InChI=1S/C14H23N3O4S/c1-4-22(19,20)17-13-6-5-12(9-11(13)2)16-14(18)10-15-7-8-21-3/h5-6,9,15,17H,4,7-8,10H2,1-3H3,(H,16,18). The lowest BCUT2D eigenvalue weighted by atomic mass is 10.2. The summed E-state index contributed by atoms with van der Waals surface area (Å²) in [6, 6.07) is 5.02. The van der Waals surface area contributed by atoms with Gasteiger partial charge in [0.25, 0.3) is 0 Å². The van der Waals surface area contributed by atoms with Gasteiger partial charge in [-0.05, 0) is 37.6 Å². The quantitative estimate of drug-likeness (QED) is 0.586. The van der Waals surface area contributed by atoms with Gasteiger partial charge in [0.1, 0.15) is 0 Å². The van der Waals surface area contributed by atoms with Crippen LogP contribution in [-0.2, 0) is 19.6 Å². The van der Waals surface area contributed by atoms with Gasteiger partial charge in [0, 0.05) is 19.3 Å². The minimum atomic E-state index is -3.31. The normalized spacial score (nSPS) is 11.2. The Labute approximate surface area is 131 Å². The Morgan fingerprint density at radius 1 is 1.32 bits per heavy atom. The van der Waals surface area contributed by atoms with Gasteiger partial charge in [-0.15, -0.1) is 0 Å². The zero-order chi connectivity index (χ0) is 16.6. The van der Waals surface area contributed by atoms with Gasteiger partial charge in [-0.25, -0.2) is 8.42 Å². The molecule has 22 heavy (non-hydrogen) atoms. The molecule has 0 aliphatic rings. The smallest absolute Gasteiger partial charge is 0.238 e. The number of nitrogens with one attached hydrogen (secondary N) is 3. The molecule has 0 fully saturated rings. The third-order valence-corrected chi connectivity index (χ3v) is 4.22. The summed E-state index contributed by atoms with van der Waals surface area (Å²) >= 11 is 0. The number of ether oxygens (including phenoxy) is 1. The number of benzene rings is 1. The average Bonchev–Trinajstić information content (AvgIpc) is 2.46. The highest BCUT2D eigenvalue weighted by molar-refractivity contribution is 7.92. The van der Waals surface area contributed by atoms with Crippen LogP contribution in [0.15, 0.2) is 18.2 Å². The average molecular weight is 329 g/mol. The Kier molecular flexibility index (Phi) is 7.30. The van der Waals surface area contributed by atoms with Crippen LogP contribution in [0.1, 0.15) is 12.5 Å². The summed E-state index contributed by atoms with van der Waals surface area (Å²) in [4.78, 5) is 11.7. The second-order valence-corrected chi connectivity index (χ2v) is 6.76. The van der Waals surface area contributed by atoms with Crippen molar-refractivity contribution in [1.29, 1.82) is 0 Å². The van der Waals surface area contributed by atoms with Gasteiger partial charge in [-0.1, -0.05) is 0 Å². The second-order valence-electron chi connectivity index (χ2n) is 4.75. The number of hydrogen-bond donors (Lipinski definition) is 3. The number of rotatable bonds is 9. The molecule has 124 valence electrons. The molecule has 0 aromatic heterocycles. The molecule has 0 aliphatic carbocycles. The van der Waals surface area contributed by atoms with Crippen molar-refractivity contribution in [2.24, 2.45) is 0 Å². The van der Waals surface area contributed by atoms with Crippen molar-refractivity contribution >= 4 is 27.3 Å². The van der Waals surface area contributed by atoms with Crippen LogP contribution < -0.4 is 15.4 Å². The third-order valence-electron chi connectivity index (χ3n) is 2.92. The summed E-state index contributed by atoms with van der Waals surface area (Å²) in [6.07, 6.45) is 0. The Hall–Kier alpha value is -1.64. The van der Waals surface area contributed by atoms with E-state index in [4.69, 9.17) is 4.74 Å². The Morgan fingerprint density at radius 3 is 2.64 bits per heavy atom. The first-order valence-corrected chi connectivity index (χ1v) is 8.64. The van der Waals surface area contributed by atoms with Crippen LogP contribution in [0.4, 0.5) is 11.4 Å². The number of hydrogen-bond acceptors (Lipinski definition) is 5. The summed E-state index contributed by atoms with van der Waals surface area (Å²) in [5.74, 6) is -0.157. The minimum Gasteiger partial charge on any atom is -0.383 e. The highest BCUT2D eigenvalue weighted by Crippen LogP contribution is 2.20. The molecule has 1 aromatic rings. The lowest BCUT2D eigenvalue weighted by Gasteiger charge is -2.12. The van der Waals surface area contributed by atoms with Crippen molar-refractivity contribution in [2.45, 2.75) is 13.8 Å².